The highest BCUT2D eigenvalue weighted by molar-refractivity contribution is 5.78. The Hall–Kier alpha value is -2.32. The molecule has 30 heavy (non-hydrogen) atoms. The van der Waals surface area contributed by atoms with Crippen molar-refractivity contribution < 1.29 is 9.21 Å². The van der Waals surface area contributed by atoms with Crippen LogP contribution in [0.3, 0.4) is 0 Å². The zero-order chi connectivity index (χ0) is 20.9. The number of aryl methyl sites for hydroxylation is 1. The number of nitrogens with zero attached hydrogens (tertiary/aromatic N) is 6. The van der Waals surface area contributed by atoms with Crippen LogP contribution in [0.15, 0.2) is 28.9 Å². The van der Waals surface area contributed by atoms with Gasteiger partial charge in [0.25, 0.3) is 0 Å². The number of hydrogen-bond donors (Lipinski definition) is 0. The minimum absolute atomic E-state index is 0.0567. The first-order valence-electron chi connectivity index (χ1n) is 11.0. The van der Waals surface area contributed by atoms with E-state index in [1.165, 1.54) is 5.56 Å². The number of carbonyl (C=O) groups excluding carboxylic acids is 1. The molecule has 0 unspecified atom stereocenters. The van der Waals surface area contributed by atoms with Crippen LogP contribution >= 0.6 is 0 Å². The molecule has 162 valence electrons. The van der Waals surface area contributed by atoms with E-state index in [2.05, 4.69) is 31.0 Å². The molecule has 8 nitrogen and oxygen atoms in total. The Morgan fingerprint density at radius 3 is 2.77 bits per heavy atom. The molecule has 4 heterocycles. The van der Waals surface area contributed by atoms with E-state index in [1.807, 2.05) is 25.5 Å². The van der Waals surface area contributed by atoms with Gasteiger partial charge in [-0.1, -0.05) is 6.07 Å². The number of piperidine rings is 2. The molecule has 0 spiro atoms. The summed E-state index contributed by atoms with van der Waals surface area (Å²) in [5.74, 6) is 1.27. The first-order valence-corrected chi connectivity index (χ1v) is 11.0. The van der Waals surface area contributed by atoms with Gasteiger partial charge in [-0.2, -0.15) is 0 Å². The number of aromatic nitrogens is 3. The van der Waals surface area contributed by atoms with Gasteiger partial charge in [-0.15, -0.1) is 10.2 Å². The summed E-state index contributed by atoms with van der Waals surface area (Å²) in [4.78, 5) is 24.0. The van der Waals surface area contributed by atoms with Crippen LogP contribution in [0.4, 0.5) is 0 Å². The predicted molar refractivity (Wildman–Crippen MR) is 112 cm³/mol. The summed E-state index contributed by atoms with van der Waals surface area (Å²) in [6.07, 6.45) is 8.15. The van der Waals surface area contributed by atoms with Crippen LogP contribution < -0.4 is 0 Å². The van der Waals surface area contributed by atoms with Gasteiger partial charge in [0.2, 0.25) is 17.7 Å². The van der Waals surface area contributed by atoms with Crippen molar-refractivity contribution in [2.45, 2.75) is 51.7 Å². The fourth-order valence-electron chi connectivity index (χ4n) is 4.73. The SMILES string of the molecule is Cc1nnc(CN(C)C(=O)[C@@H]2CCCN(C3CCN(Cc4cccnc4)CC3)C2)o1. The molecule has 4 rings (SSSR count). The Labute approximate surface area is 178 Å². The Kier molecular flexibility index (Phi) is 6.74. The third-order valence-electron chi connectivity index (χ3n) is 6.32. The first-order chi connectivity index (χ1) is 14.6. The molecule has 2 aromatic heterocycles. The average molecular weight is 413 g/mol. The van der Waals surface area contributed by atoms with Crippen molar-refractivity contribution in [1.82, 2.24) is 29.9 Å². The molecule has 0 N–H and O–H groups in total. The van der Waals surface area contributed by atoms with Crippen molar-refractivity contribution >= 4 is 5.91 Å². The van der Waals surface area contributed by atoms with E-state index in [9.17, 15) is 4.79 Å². The highest BCUT2D eigenvalue weighted by Crippen LogP contribution is 2.25. The van der Waals surface area contributed by atoms with Crippen LogP contribution in [0, 0.1) is 12.8 Å². The molecule has 2 aliphatic rings. The van der Waals surface area contributed by atoms with Crippen LogP contribution in [0.5, 0.6) is 0 Å². The second kappa shape index (κ2) is 9.66. The monoisotopic (exact) mass is 412 g/mol. The van der Waals surface area contributed by atoms with Gasteiger partial charge in [-0.25, -0.2) is 0 Å². The summed E-state index contributed by atoms with van der Waals surface area (Å²) in [6, 6.07) is 4.73. The lowest BCUT2D eigenvalue weighted by atomic mass is 9.93. The first kappa shape index (κ1) is 20.9. The number of hydrogen-bond acceptors (Lipinski definition) is 7. The summed E-state index contributed by atoms with van der Waals surface area (Å²) < 4.78 is 5.43. The van der Waals surface area contributed by atoms with Gasteiger partial charge in [0, 0.05) is 45.5 Å². The van der Waals surface area contributed by atoms with Gasteiger partial charge in [0.1, 0.15) is 0 Å². The molecule has 2 aliphatic heterocycles. The maximum absolute atomic E-state index is 13.0. The second-order valence-electron chi connectivity index (χ2n) is 8.61. The maximum Gasteiger partial charge on any atom is 0.235 e. The molecule has 0 saturated carbocycles. The molecule has 0 aromatic carbocycles. The normalized spacial score (nSPS) is 21.6. The second-order valence-corrected chi connectivity index (χ2v) is 8.61. The molecule has 2 fully saturated rings. The fraction of sp³-hybridized carbons (Fsp3) is 0.636. The van der Waals surface area contributed by atoms with Crippen molar-refractivity contribution in [3.8, 4) is 0 Å². The van der Waals surface area contributed by atoms with Gasteiger partial charge in [-0.05, 0) is 56.9 Å². The largest absolute Gasteiger partial charge is 0.424 e. The fourth-order valence-corrected chi connectivity index (χ4v) is 4.73. The topological polar surface area (TPSA) is 78.6 Å². The Morgan fingerprint density at radius 2 is 2.07 bits per heavy atom. The van der Waals surface area contributed by atoms with E-state index < -0.39 is 0 Å². The summed E-state index contributed by atoms with van der Waals surface area (Å²) in [5, 5.41) is 7.86. The minimum Gasteiger partial charge on any atom is -0.424 e. The third-order valence-corrected chi connectivity index (χ3v) is 6.32. The smallest absolute Gasteiger partial charge is 0.235 e. The molecule has 0 bridgehead atoms. The van der Waals surface area contributed by atoms with Crippen LogP contribution in [0.25, 0.3) is 0 Å². The molecule has 0 aliphatic carbocycles. The summed E-state index contributed by atoms with van der Waals surface area (Å²) in [7, 11) is 1.83. The lowest BCUT2D eigenvalue weighted by molar-refractivity contribution is -0.137. The van der Waals surface area contributed by atoms with Gasteiger partial charge in [-0.3, -0.25) is 19.6 Å². The zero-order valence-electron chi connectivity index (χ0n) is 18.0. The molecular formula is C22H32N6O2. The molecule has 1 atom stereocenters. The number of rotatable bonds is 6. The molecule has 0 radical (unpaired) electrons. The Bertz CT molecular complexity index is 818. The molecule has 8 heteroatoms. The van der Waals surface area contributed by atoms with Crippen LogP contribution in [0.2, 0.25) is 0 Å². The van der Waals surface area contributed by atoms with Gasteiger partial charge in [0.15, 0.2) is 0 Å². The quantitative estimate of drug-likeness (QED) is 0.719. The maximum atomic E-state index is 13.0. The third kappa shape index (κ3) is 5.23. The van der Waals surface area contributed by atoms with Crippen molar-refractivity contribution in [3.63, 3.8) is 0 Å². The van der Waals surface area contributed by atoms with E-state index in [1.54, 1.807) is 11.8 Å². The van der Waals surface area contributed by atoms with E-state index in [-0.39, 0.29) is 11.8 Å². The molecular weight excluding hydrogens is 380 g/mol. The highest BCUT2D eigenvalue weighted by atomic mass is 16.4. The van der Waals surface area contributed by atoms with Crippen molar-refractivity contribution in [2.24, 2.45) is 5.92 Å². The number of likely N-dealkylation sites (tertiary alicyclic amines) is 2. The van der Waals surface area contributed by atoms with Gasteiger partial charge in [0.05, 0.1) is 12.5 Å². The van der Waals surface area contributed by atoms with E-state index in [4.69, 9.17) is 4.42 Å². The molecule has 2 saturated heterocycles. The summed E-state index contributed by atoms with van der Waals surface area (Å²) >= 11 is 0. The van der Waals surface area contributed by atoms with Crippen molar-refractivity contribution in [2.75, 3.05) is 33.2 Å². The van der Waals surface area contributed by atoms with Crippen LogP contribution in [-0.2, 0) is 17.9 Å². The van der Waals surface area contributed by atoms with Crippen molar-refractivity contribution in [1.29, 1.82) is 0 Å². The minimum atomic E-state index is 0.0567. The van der Waals surface area contributed by atoms with E-state index in [0.29, 0.717) is 24.4 Å². The van der Waals surface area contributed by atoms with E-state index in [0.717, 1.165) is 58.4 Å². The van der Waals surface area contributed by atoms with Crippen molar-refractivity contribution in [3.05, 3.63) is 41.9 Å². The van der Waals surface area contributed by atoms with Gasteiger partial charge >= 0.3 is 0 Å². The highest BCUT2D eigenvalue weighted by Gasteiger charge is 2.33. The molecule has 2 aromatic rings. The Morgan fingerprint density at radius 1 is 1.23 bits per heavy atom. The van der Waals surface area contributed by atoms with Crippen LogP contribution in [0.1, 0.15) is 43.0 Å². The zero-order valence-corrected chi connectivity index (χ0v) is 18.0. The summed E-state index contributed by atoms with van der Waals surface area (Å²) in [6.45, 7) is 7.28. The lowest BCUT2D eigenvalue weighted by Gasteiger charge is -2.42. The van der Waals surface area contributed by atoms with Gasteiger partial charge < -0.3 is 9.32 Å². The summed E-state index contributed by atoms with van der Waals surface area (Å²) in [5.41, 5.74) is 1.28. The van der Waals surface area contributed by atoms with Crippen LogP contribution in [-0.4, -0.2) is 75.1 Å². The van der Waals surface area contributed by atoms with E-state index >= 15 is 0 Å². The molecule has 1 amide bonds. The predicted octanol–water partition coefficient (Wildman–Crippen LogP) is 2.11. The standard InChI is InChI=1S/C22H32N6O2/c1-17-24-25-21(30-17)16-26(2)22(29)19-6-4-10-28(15-19)20-7-11-27(12-8-20)14-18-5-3-9-23-13-18/h3,5,9,13,19-20H,4,6-8,10-12,14-16H2,1-2H3/t19-/m1/s1. The lowest BCUT2D eigenvalue weighted by Crippen LogP contribution is -2.50. The number of amides is 1. The average Bonchev–Trinajstić information content (AvgIpc) is 3.19. The Balaban J connectivity index is 1.26. The number of carbonyl (C=O) groups is 1. The number of pyridine rings is 1.